The second kappa shape index (κ2) is 24.0. The van der Waals surface area contributed by atoms with E-state index in [9.17, 15) is 57.6 Å². The lowest BCUT2D eigenvalue weighted by molar-refractivity contribution is -0.646. The number of aryl methyl sites for hydroxylation is 1. The van der Waals surface area contributed by atoms with E-state index in [4.69, 9.17) is 63.7 Å². The Morgan fingerprint density at radius 2 is 1.29 bits per heavy atom. The summed E-state index contributed by atoms with van der Waals surface area (Å²) < 4.78 is 123. The van der Waals surface area contributed by atoms with Crippen LogP contribution in [0, 0.1) is 5.92 Å². The molecule has 7 aromatic rings. The number of nitrogens with two attached hydrogens (primary N) is 3. The van der Waals surface area contributed by atoms with E-state index in [-0.39, 0.29) is 70.0 Å². The molecule has 0 bridgehead atoms. The summed E-state index contributed by atoms with van der Waals surface area (Å²) in [4.78, 5) is 100. The first kappa shape index (κ1) is 61.0. The highest BCUT2D eigenvalue weighted by atomic mass is 31.3. The molecule has 456 valence electrons. The van der Waals surface area contributed by atoms with Gasteiger partial charge in [-0.2, -0.15) is 23.2 Å². The number of phosphoric ester groups is 3. The Hall–Kier alpha value is -6.09. The number of aromatic nitrogens is 12. The molecular weight excluding hydrogens is 1210 g/mol. The lowest BCUT2D eigenvalue weighted by atomic mass is 9.95. The first-order valence-electron chi connectivity index (χ1n) is 24.6. The molecule has 9 heterocycles. The standard InChI is InChI=1S/C41H53N15O24P4/c1-53-17-56(34-25(53)36(60)52-41(44)50-34)37-26(57)19(9-10-69-2)20(75-37)11-72-82(63,64)79-84(67,68)80-83(65,66)73-13-22-28(30(70-3)39(77-22)54-15-47-23-31(42)45-14-46-32(23)54)78-81(61,62)71-12-21-27(58)29(74-18-7-5-4-6-8-18)38(76-21)55-16-48-24-33(55)49-40(43)51-35(24)59/h4-8,14-17,19-22,26-30,37-39,57-58H,9-13H2,1-3H3,(H11-,42,43,44,45,46,49,50,51,52,59,60,61,62,63,64,65,66,67,68)/t19-,20-,21-,22?,26-,27-,28-,29-,30-,37-,38-,39-/m1/s1. The number of aliphatic hydroxyl groups excluding tert-OH is 2. The van der Waals surface area contributed by atoms with Gasteiger partial charge in [0, 0.05) is 26.7 Å². The molecule has 43 heteroatoms. The van der Waals surface area contributed by atoms with Crippen molar-refractivity contribution in [2.45, 2.75) is 73.9 Å². The molecule has 0 spiro atoms. The molecule has 16 atom stereocenters. The number of hydrogen-bond acceptors (Lipinski definition) is 30. The number of aromatic amines is 2. The van der Waals surface area contributed by atoms with Gasteiger partial charge in [-0.15, -0.1) is 0 Å². The molecule has 3 saturated heterocycles. The number of fused-ring (bicyclic) bond motifs is 3. The van der Waals surface area contributed by atoms with Crippen LogP contribution in [0.25, 0.3) is 33.5 Å². The molecule has 5 unspecified atom stereocenters. The van der Waals surface area contributed by atoms with Crippen LogP contribution in [0.1, 0.15) is 25.1 Å². The number of aliphatic hydroxyl groups is 2. The average Bonchev–Trinajstić information content (AvgIpc) is 2.47. The van der Waals surface area contributed by atoms with Gasteiger partial charge in [0.1, 0.15) is 54.2 Å². The van der Waals surface area contributed by atoms with Crippen LogP contribution in [-0.2, 0) is 75.7 Å². The van der Waals surface area contributed by atoms with Gasteiger partial charge in [-0.05, 0) is 18.6 Å². The van der Waals surface area contributed by atoms with Gasteiger partial charge >= 0.3 is 29.0 Å². The van der Waals surface area contributed by atoms with E-state index >= 15 is 0 Å². The summed E-state index contributed by atoms with van der Waals surface area (Å²) in [6.07, 6.45) is -12.1. The summed E-state index contributed by atoms with van der Waals surface area (Å²) in [7, 11) is -19.7. The van der Waals surface area contributed by atoms with Crippen molar-refractivity contribution in [3.63, 3.8) is 0 Å². The van der Waals surface area contributed by atoms with Gasteiger partial charge < -0.3 is 84.5 Å². The third-order valence-corrected chi connectivity index (χ3v) is 18.6. The molecule has 13 N–H and O–H groups in total. The third-order valence-electron chi connectivity index (χ3n) is 13.4. The minimum absolute atomic E-state index is 0.00740. The van der Waals surface area contributed by atoms with Crippen LogP contribution in [0.3, 0.4) is 0 Å². The Morgan fingerprint density at radius 1 is 0.690 bits per heavy atom. The van der Waals surface area contributed by atoms with E-state index in [2.05, 4.69) is 48.5 Å². The molecule has 0 aliphatic carbocycles. The van der Waals surface area contributed by atoms with E-state index in [0.717, 1.165) is 26.1 Å². The maximum absolute atomic E-state index is 13.9. The van der Waals surface area contributed by atoms with Crippen molar-refractivity contribution in [1.82, 2.24) is 53.6 Å². The number of imidazole rings is 3. The molecule has 0 amide bonds. The zero-order chi connectivity index (χ0) is 60.2. The van der Waals surface area contributed by atoms with Crippen LogP contribution in [-0.4, -0.2) is 168 Å². The lowest BCUT2D eigenvalue weighted by Gasteiger charge is -2.31. The summed E-state index contributed by atoms with van der Waals surface area (Å²) >= 11 is 0. The Labute approximate surface area is 469 Å². The van der Waals surface area contributed by atoms with E-state index in [1.807, 2.05) is 0 Å². The monoisotopic (exact) mass is 1260 g/mol. The number of methoxy groups -OCH3 is 2. The number of hydrogen-bond donors (Lipinski definition) is 10. The average molecular weight is 1260 g/mol. The zero-order valence-corrected chi connectivity index (χ0v) is 47.2. The van der Waals surface area contributed by atoms with Gasteiger partial charge in [0.05, 0.1) is 45.6 Å². The van der Waals surface area contributed by atoms with Crippen LogP contribution in [0.5, 0.6) is 5.75 Å². The van der Waals surface area contributed by atoms with Crippen molar-refractivity contribution in [1.29, 1.82) is 0 Å². The number of ether oxygens (including phenoxy) is 6. The number of rotatable bonds is 24. The molecule has 10 rings (SSSR count). The maximum atomic E-state index is 13.9. The van der Waals surface area contributed by atoms with Gasteiger partial charge in [-0.3, -0.25) is 42.3 Å². The predicted molar refractivity (Wildman–Crippen MR) is 276 cm³/mol. The highest BCUT2D eigenvalue weighted by Crippen LogP contribution is 2.68. The number of H-pyrrole nitrogens is 2. The maximum Gasteiger partial charge on any atom is 0.490 e. The van der Waals surface area contributed by atoms with Crippen molar-refractivity contribution < 1.29 is 108 Å². The smallest absolute Gasteiger partial charge is 0.490 e. The summed E-state index contributed by atoms with van der Waals surface area (Å²) in [5, 5.41) is 23.1. The molecule has 1 aromatic carbocycles. The quantitative estimate of drug-likeness (QED) is 0.0232. The molecule has 3 aliphatic rings. The molecule has 0 saturated carbocycles. The van der Waals surface area contributed by atoms with Crippen molar-refractivity contribution in [2.24, 2.45) is 13.0 Å². The molecule has 6 aromatic heterocycles. The van der Waals surface area contributed by atoms with Crippen molar-refractivity contribution in [3.8, 4) is 5.75 Å². The second-order valence-electron chi connectivity index (χ2n) is 18.8. The highest BCUT2D eigenvalue weighted by Gasteiger charge is 2.53. The van der Waals surface area contributed by atoms with Crippen molar-refractivity contribution in [3.05, 3.63) is 76.3 Å². The Balaban J connectivity index is 0.830. The first-order chi connectivity index (χ1) is 39.8. The second-order valence-corrected chi connectivity index (χ2v) is 24.8. The molecule has 0 radical (unpaired) electrons. The number of nitrogen functional groups attached to an aromatic ring is 3. The van der Waals surface area contributed by atoms with Crippen molar-refractivity contribution in [2.75, 3.05) is 57.8 Å². The predicted octanol–water partition coefficient (Wildman–Crippen LogP) is -1.96. The fourth-order valence-electron chi connectivity index (χ4n) is 9.75. The number of benzene rings is 1. The molecule has 39 nitrogen and oxygen atoms in total. The van der Waals surface area contributed by atoms with Gasteiger partial charge in [0.25, 0.3) is 24.5 Å². The minimum atomic E-state index is -6.20. The van der Waals surface area contributed by atoms with E-state index in [1.165, 1.54) is 38.8 Å². The number of nitrogens with zero attached hydrogens (tertiary/aromatic N) is 10. The summed E-state index contributed by atoms with van der Waals surface area (Å²) in [6.45, 7) is -3.17. The van der Waals surface area contributed by atoms with Crippen LogP contribution in [0.15, 0.2) is 65.2 Å². The van der Waals surface area contributed by atoms with Gasteiger partial charge in [-0.25, -0.2) is 38.2 Å². The Bertz CT molecular complexity index is 3870. The molecule has 84 heavy (non-hydrogen) atoms. The summed E-state index contributed by atoms with van der Waals surface area (Å²) in [6, 6.07) is 8.10. The van der Waals surface area contributed by atoms with Gasteiger partial charge in [0.2, 0.25) is 24.5 Å². The number of nitrogens with one attached hydrogen (secondary N) is 2. The summed E-state index contributed by atoms with van der Waals surface area (Å²) in [5.41, 5.74) is 16.1. The Morgan fingerprint density at radius 3 is 1.96 bits per heavy atom. The van der Waals surface area contributed by atoms with E-state index in [0.29, 0.717) is 0 Å². The first-order valence-corrected chi connectivity index (χ1v) is 30.5. The van der Waals surface area contributed by atoms with E-state index in [1.54, 1.807) is 30.3 Å². The molecule has 3 fully saturated rings. The van der Waals surface area contributed by atoms with Gasteiger partial charge in [-0.1, -0.05) is 18.2 Å². The van der Waals surface area contributed by atoms with Gasteiger partial charge in [0.15, 0.2) is 41.2 Å². The van der Waals surface area contributed by atoms with Crippen LogP contribution in [0.2, 0.25) is 0 Å². The summed E-state index contributed by atoms with van der Waals surface area (Å²) in [5.74, 6) is -1.33. The molecule has 3 aliphatic heterocycles. The minimum Gasteiger partial charge on any atom is -0.756 e. The molecular formula is C41H53N15O24P4. The van der Waals surface area contributed by atoms with Crippen molar-refractivity contribution >= 4 is 82.5 Å². The SMILES string of the molecule is COCC[C@H]1[C@@H](O)[C@H](n2c[n+](C)c3c(=O)[nH]c(N)nc32)O[C@@H]1COP(=O)(O)OP(=O)(O)OP(=O)(O)OCC1O[C@@H](n2cnc3c(N)ncnc32)[C@H](OC)[C@@H]1OP(=O)([O-])OC[C@H]1O[C@@H](n2cnc3c(=O)[nH]c(N)nc32)[C@H](Oc2ccccc2)[C@@H]1O. The number of anilines is 3. The van der Waals surface area contributed by atoms with Crippen LogP contribution in [0.4, 0.5) is 17.7 Å². The fourth-order valence-corrected chi connectivity index (χ4v) is 14.2. The van der Waals surface area contributed by atoms with Crippen LogP contribution >= 0.6 is 31.3 Å². The normalized spacial score (nSPS) is 28.4. The Kier molecular flexibility index (Phi) is 17.4. The largest absolute Gasteiger partial charge is 0.756 e. The fraction of sp³-hybridized carbons (Fsp3) is 0.488. The highest BCUT2D eigenvalue weighted by molar-refractivity contribution is 7.66. The zero-order valence-electron chi connectivity index (χ0n) is 43.6. The number of phosphoric acid groups is 4. The van der Waals surface area contributed by atoms with E-state index < -0.39 is 136 Å². The third kappa shape index (κ3) is 12.7. The lowest BCUT2D eigenvalue weighted by Crippen LogP contribution is -2.39. The van der Waals surface area contributed by atoms with Crippen LogP contribution < -0.4 is 42.5 Å². The topological polar surface area (TPSA) is 543 Å². The number of para-hydroxylation sites is 1.